The third-order valence-corrected chi connectivity index (χ3v) is 4.38. The van der Waals surface area contributed by atoms with Crippen LogP contribution in [0.5, 0.6) is 0 Å². The molecule has 0 aromatic carbocycles. The number of hydrogen-bond acceptors (Lipinski definition) is 4. The van der Waals surface area contributed by atoms with Crippen LogP contribution < -0.4 is 10.6 Å². The molecule has 7 nitrogen and oxygen atoms in total. The van der Waals surface area contributed by atoms with Gasteiger partial charge in [0, 0.05) is 20.1 Å². The Morgan fingerprint density at radius 1 is 1.28 bits per heavy atom. The molecule has 0 unspecified atom stereocenters. The largest absolute Gasteiger partial charge is 0.444 e. The van der Waals surface area contributed by atoms with Crippen molar-refractivity contribution in [3.05, 3.63) is 12.7 Å². The average molecular weight is 353 g/mol. The lowest BCUT2D eigenvalue weighted by molar-refractivity contribution is -0.137. The summed E-state index contributed by atoms with van der Waals surface area (Å²) in [5.74, 6) is -0.416. The molecular formula is C18H31N3O4. The van der Waals surface area contributed by atoms with E-state index >= 15 is 0 Å². The maximum atomic E-state index is 12.8. The number of amides is 3. The highest BCUT2D eigenvalue weighted by atomic mass is 16.6. The van der Waals surface area contributed by atoms with Crippen LogP contribution in [0, 0.1) is 5.41 Å². The number of nitrogens with zero attached hydrogens (tertiary/aromatic N) is 1. The normalized spacial score (nSPS) is 18.0. The molecular weight excluding hydrogens is 322 g/mol. The van der Waals surface area contributed by atoms with Crippen LogP contribution in [0.15, 0.2) is 12.7 Å². The Kier molecular flexibility index (Phi) is 7.02. The summed E-state index contributed by atoms with van der Waals surface area (Å²) >= 11 is 0. The zero-order chi connectivity index (χ0) is 19.3. The zero-order valence-electron chi connectivity index (χ0n) is 16.0. The number of piperidine rings is 1. The number of hydrogen-bond donors (Lipinski definition) is 2. The molecule has 7 heteroatoms. The van der Waals surface area contributed by atoms with E-state index in [0.29, 0.717) is 32.4 Å². The van der Waals surface area contributed by atoms with Crippen LogP contribution in [0.25, 0.3) is 0 Å². The van der Waals surface area contributed by atoms with Gasteiger partial charge in [-0.1, -0.05) is 6.08 Å². The van der Waals surface area contributed by atoms with E-state index in [1.165, 1.54) is 7.05 Å². The van der Waals surface area contributed by atoms with Gasteiger partial charge in [0.2, 0.25) is 11.8 Å². The van der Waals surface area contributed by atoms with Gasteiger partial charge in [0.25, 0.3) is 0 Å². The SMILES string of the molecule is C=CCC1(C(=O)N[C@@H](C)C(=O)NC)CCN(C(=O)OC(C)(C)C)CC1. The number of likely N-dealkylation sites (tertiary alicyclic amines) is 1. The Morgan fingerprint density at radius 3 is 2.28 bits per heavy atom. The molecule has 1 heterocycles. The molecule has 0 bridgehead atoms. The summed E-state index contributed by atoms with van der Waals surface area (Å²) in [5, 5.41) is 5.29. The van der Waals surface area contributed by atoms with E-state index < -0.39 is 17.1 Å². The number of carbonyl (C=O) groups is 3. The van der Waals surface area contributed by atoms with Crippen molar-refractivity contribution in [2.24, 2.45) is 5.41 Å². The molecule has 0 radical (unpaired) electrons. The Balaban J connectivity index is 2.76. The van der Waals surface area contributed by atoms with Crippen LogP contribution in [0.4, 0.5) is 4.79 Å². The standard InChI is InChI=1S/C18H31N3O4/c1-7-8-18(15(23)20-13(2)14(22)19-6)9-11-21(12-10-18)16(24)25-17(3,4)5/h7,13H,1,8-12H2,2-6H3,(H,19,22)(H,20,23)/t13-/m0/s1. The van der Waals surface area contributed by atoms with E-state index in [4.69, 9.17) is 4.74 Å². The summed E-state index contributed by atoms with van der Waals surface area (Å²) in [6, 6.07) is -0.608. The second-order valence-corrected chi connectivity index (χ2v) is 7.55. The molecule has 1 atom stereocenters. The Labute approximate surface area is 150 Å². The molecule has 0 aliphatic carbocycles. The van der Waals surface area contributed by atoms with E-state index in [-0.39, 0.29) is 17.9 Å². The van der Waals surface area contributed by atoms with Gasteiger partial charge in [-0.25, -0.2) is 4.79 Å². The monoisotopic (exact) mass is 353 g/mol. The number of rotatable bonds is 5. The van der Waals surface area contributed by atoms with Gasteiger partial charge in [0.05, 0.1) is 5.41 Å². The summed E-state index contributed by atoms with van der Waals surface area (Å²) in [5.41, 5.74) is -1.20. The van der Waals surface area contributed by atoms with Crippen LogP contribution in [0.1, 0.15) is 47.0 Å². The second kappa shape index (κ2) is 8.36. The number of allylic oxidation sites excluding steroid dienone is 1. The minimum atomic E-state index is -0.650. The topological polar surface area (TPSA) is 87.7 Å². The number of carbonyl (C=O) groups excluding carboxylic acids is 3. The first-order valence-corrected chi connectivity index (χ1v) is 8.66. The Morgan fingerprint density at radius 2 is 1.84 bits per heavy atom. The molecule has 3 amide bonds. The van der Waals surface area contributed by atoms with Crippen LogP contribution in [-0.4, -0.2) is 54.6 Å². The minimum absolute atomic E-state index is 0.174. The van der Waals surface area contributed by atoms with Gasteiger partial charge in [0.1, 0.15) is 11.6 Å². The van der Waals surface area contributed by atoms with Gasteiger partial charge >= 0.3 is 6.09 Å². The third-order valence-electron chi connectivity index (χ3n) is 4.38. The summed E-state index contributed by atoms with van der Waals surface area (Å²) in [4.78, 5) is 38.2. The van der Waals surface area contributed by atoms with Crippen molar-refractivity contribution in [3.63, 3.8) is 0 Å². The molecule has 0 spiro atoms. The van der Waals surface area contributed by atoms with Crippen LogP contribution in [0.2, 0.25) is 0 Å². The van der Waals surface area contributed by atoms with E-state index in [0.717, 1.165) is 0 Å². The summed E-state index contributed by atoms with van der Waals surface area (Å²) in [7, 11) is 1.53. The fourth-order valence-electron chi connectivity index (χ4n) is 2.88. The van der Waals surface area contributed by atoms with Crippen molar-refractivity contribution < 1.29 is 19.1 Å². The van der Waals surface area contributed by atoms with Gasteiger partial charge in [0.15, 0.2) is 0 Å². The highest BCUT2D eigenvalue weighted by molar-refractivity contribution is 5.90. The molecule has 1 aliphatic rings. The van der Waals surface area contributed by atoms with Crippen molar-refractivity contribution in [2.45, 2.75) is 58.6 Å². The molecule has 1 fully saturated rings. The molecule has 1 rings (SSSR count). The molecule has 25 heavy (non-hydrogen) atoms. The summed E-state index contributed by atoms with van der Waals surface area (Å²) < 4.78 is 5.39. The lowest BCUT2D eigenvalue weighted by Gasteiger charge is -2.40. The van der Waals surface area contributed by atoms with E-state index in [9.17, 15) is 14.4 Å². The maximum Gasteiger partial charge on any atom is 0.410 e. The maximum absolute atomic E-state index is 12.8. The summed E-state index contributed by atoms with van der Waals surface area (Å²) in [6.45, 7) is 11.7. The van der Waals surface area contributed by atoms with E-state index in [1.54, 1.807) is 17.9 Å². The lowest BCUT2D eigenvalue weighted by atomic mass is 9.74. The smallest absolute Gasteiger partial charge is 0.410 e. The lowest BCUT2D eigenvalue weighted by Crippen LogP contribution is -2.54. The molecule has 0 aromatic rings. The van der Waals surface area contributed by atoms with E-state index in [1.807, 2.05) is 20.8 Å². The fraction of sp³-hybridized carbons (Fsp3) is 0.722. The first kappa shape index (κ1) is 21.0. The summed E-state index contributed by atoms with van der Waals surface area (Å²) in [6.07, 6.45) is 2.86. The number of likely N-dealkylation sites (N-methyl/N-ethyl adjacent to an activating group) is 1. The predicted octanol–water partition coefficient (Wildman–Crippen LogP) is 1.83. The van der Waals surface area contributed by atoms with Crippen molar-refractivity contribution >= 4 is 17.9 Å². The Hall–Kier alpha value is -2.05. The van der Waals surface area contributed by atoms with Crippen molar-refractivity contribution in [3.8, 4) is 0 Å². The molecule has 2 N–H and O–H groups in total. The van der Waals surface area contributed by atoms with Gasteiger partial charge in [-0.15, -0.1) is 6.58 Å². The molecule has 0 aromatic heterocycles. The minimum Gasteiger partial charge on any atom is -0.444 e. The zero-order valence-corrected chi connectivity index (χ0v) is 16.0. The van der Waals surface area contributed by atoms with Crippen LogP contribution in [-0.2, 0) is 14.3 Å². The van der Waals surface area contributed by atoms with Crippen molar-refractivity contribution in [1.82, 2.24) is 15.5 Å². The Bertz CT molecular complexity index is 517. The highest BCUT2D eigenvalue weighted by Crippen LogP contribution is 2.36. The molecule has 142 valence electrons. The van der Waals surface area contributed by atoms with Crippen molar-refractivity contribution in [2.75, 3.05) is 20.1 Å². The van der Waals surface area contributed by atoms with E-state index in [2.05, 4.69) is 17.2 Å². The first-order chi connectivity index (χ1) is 11.5. The highest BCUT2D eigenvalue weighted by Gasteiger charge is 2.42. The second-order valence-electron chi connectivity index (χ2n) is 7.55. The fourth-order valence-corrected chi connectivity index (χ4v) is 2.88. The predicted molar refractivity (Wildman–Crippen MR) is 96.0 cm³/mol. The van der Waals surface area contributed by atoms with Crippen LogP contribution >= 0.6 is 0 Å². The van der Waals surface area contributed by atoms with Gasteiger partial charge in [-0.05, 0) is 47.0 Å². The third kappa shape index (κ3) is 5.76. The van der Waals surface area contributed by atoms with Gasteiger partial charge in [-0.3, -0.25) is 9.59 Å². The van der Waals surface area contributed by atoms with Gasteiger partial charge in [-0.2, -0.15) is 0 Å². The van der Waals surface area contributed by atoms with Gasteiger partial charge < -0.3 is 20.3 Å². The van der Waals surface area contributed by atoms with Crippen molar-refractivity contribution in [1.29, 1.82) is 0 Å². The molecule has 0 saturated carbocycles. The number of nitrogens with one attached hydrogen (secondary N) is 2. The first-order valence-electron chi connectivity index (χ1n) is 8.66. The number of ether oxygens (including phenoxy) is 1. The van der Waals surface area contributed by atoms with Crippen LogP contribution in [0.3, 0.4) is 0 Å². The molecule has 1 aliphatic heterocycles. The quantitative estimate of drug-likeness (QED) is 0.738. The molecule has 1 saturated heterocycles. The average Bonchev–Trinajstić information content (AvgIpc) is 2.53.